The molecular weight excluding hydrogens is 346 g/mol. The van der Waals surface area contributed by atoms with Crippen LogP contribution in [-0.2, 0) is 27.3 Å². The van der Waals surface area contributed by atoms with E-state index in [1.807, 2.05) is 30.3 Å². The third-order valence-electron chi connectivity index (χ3n) is 3.97. The standard InChI is InChI=1S/C20H19N3O4/c1-2-27-18(25)13-23-16-11-7-6-10-15(16)19(20(23)26)22-21-17(24)12-14-8-4-3-5-9-14/h3-11,26H,2,12-13H2,1H3. The molecule has 7 nitrogen and oxygen atoms in total. The van der Waals surface area contributed by atoms with Crippen molar-refractivity contribution >= 4 is 28.5 Å². The van der Waals surface area contributed by atoms with Gasteiger partial charge in [0.2, 0.25) is 5.88 Å². The zero-order valence-electron chi connectivity index (χ0n) is 14.8. The molecule has 0 aliphatic carbocycles. The highest BCUT2D eigenvalue weighted by molar-refractivity contribution is 5.96. The van der Waals surface area contributed by atoms with E-state index in [0.717, 1.165) is 5.56 Å². The molecule has 0 aliphatic rings. The molecule has 1 heterocycles. The summed E-state index contributed by atoms with van der Waals surface area (Å²) >= 11 is 0. The van der Waals surface area contributed by atoms with Gasteiger partial charge in [0.25, 0.3) is 5.91 Å². The van der Waals surface area contributed by atoms with Crippen molar-refractivity contribution in [3.8, 4) is 5.88 Å². The van der Waals surface area contributed by atoms with Crippen LogP contribution in [0.4, 0.5) is 5.69 Å². The van der Waals surface area contributed by atoms with Gasteiger partial charge in [0.05, 0.1) is 18.5 Å². The molecule has 1 amide bonds. The topological polar surface area (TPSA) is 93.2 Å². The minimum absolute atomic E-state index is 0.118. The molecule has 0 unspecified atom stereocenters. The number of nitrogens with zero attached hydrogens (tertiary/aromatic N) is 3. The van der Waals surface area contributed by atoms with Crippen LogP contribution in [0.3, 0.4) is 0 Å². The number of hydrogen-bond acceptors (Lipinski definition) is 5. The monoisotopic (exact) mass is 365 g/mol. The largest absolute Gasteiger partial charge is 0.493 e. The van der Waals surface area contributed by atoms with Crippen molar-refractivity contribution < 1.29 is 19.4 Å². The lowest BCUT2D eigenvalue weighted by molar-refractivity contribution is -0.143. The molecule has 138 valence electrons. The molecule has 0 radical (unpaired) electrons. The van der Waals surface area contributed by atoms with Gasteiger partial charge in [-0.3, -0.25) is 14.2 Å². The van der Waals surface area contributed by atoms with Gasteiger partial charge < -0.3 is 9.84 Å². The van der Waals surface area contributed by atoms with Crippen molar-refractivity contribution in [1.82, 2.24) is 4.57 Å². The third-order valence-corrected chi connectivity index (χ3v) is 3.97. The van der Waals surface area contributed by atoms with E-state index in [2.05, 4.69) is 10.2 Å². The molecule has 7 heteroatoms. The molecule has 0 saturated heterocycles. The highest BCUT2D eigenvalue weighted by atomic mass is 16.5. The van der Waals surface area contributed by atoms with Gasteiger partial charge in [0.15, 0.2) is 5.69 Å². The van der Waals surface area contributed by atoms with Crippen LogP contribution in [0, 0.1) is 0 Å². The van der Waals surface area contributed by atoms with E-state index in [1.165, 1.54) is 4.57 Å². The molecule has 0 saturated carbocycles. The molecule has 3 rings (SSSR count). The maximum atomic E-state index is 12.1. The SMILES string of the molecule is CCOC(=O)Cn1c(O)c(N=NC(=O)Cc2ccccc2)c2ccccc21. The summed E-state index contributed by atoms with van der Waals surface area (Å²) in [7, 11) is 0. The van der Waals surface area contributed by atoms with Crippen LogP contribution >= 0.6 is 0 Å². The Morgan fingerprint density at radius 2 is 1.78 bits per heavy atom. The second kappa shape index (κ2) is 8.27. The van der Waals surface area contributed by atoms with Crippen LogP contribution in [0.1, 0.15) is 12.5 Å². The fourth-order valence-corrected chi connectivity index (χ4v) is 2.78. The van der Waals surface area contributed by atoms with Crippen molar-refractivity contribution in [1.29, 1.82) is 0 Å². The average molecular weight is 365 g/mol. The summed E-state index contributed by atoms with van der Waals surface area (Å²) < 4.78 is 6.34. The fourth-order valence-electron chi connectivity index (χ4n) is 2.78. The molecule has 1 aromatic heterocycles. The minimum atomic E-state index is -0.475. The lowest BCUT2D eigenvalue weighted by Crippen LogP contribution is -2.12. The predicted molar refractivity (Wildman–Crippen MR) is 99.9 cm³/mol. The van der Waals surface area contributed by atoms with Crippen LogP contribution in [0.25, 0.3) is 10.9 Å². The smallest absolute Gasteiger partial charge is 0.326 e. The number of azo groups is 1. The summed E-state index contributed by atoms with van der Waals surface area (Å²) in [6.07, 6.45) is 0.118. The number of ether oxygens (including phenoxy) is 1. The lowest BCUT2D eigenvalue weighted by Gasteiger charge is -2.06. The normalized spacial score (nSPS) is 11.1. The summed E-state index contributed by atoms with van der Waals surface area (Å²) in [5, 5.41) is 18.8. The highest BCUT2D eigenvalue weighted by Crippen LogP contribution is 2.38. The number of carbonyl (C=O) groups excluding carboxylic acids is 2. The molecule has 0 aliphatic heterocycles. The average Bonchev–Trinajstić information content (AvgIpc) is 2.93. The first-order valence-corrected chi connectivity index (χ1v) is 8.54. The van der Waals surface area contributed by atoms with Gasteiger partial charge in [-0.2, -0.15) is 0 Å². The molecule has 3 aromatic rings. The quantitative estimate of drug-likeness (QED) is 0.531. The van der Waals surface area contributed by atoms with Gasteiger partial charge in [-0.05, 0) is 18.6 Å². The molecule has 2 aromatic carbocycles. The second-order valence-corrected chi connectivity index (χ2v) is 5.84. The summed E-state index contributed by atoms with van der Waals surface area (Å²) in [5.74, 6) is -1.14. The second-order valence-electron chi connectivity index (χ2n) is 5.84. The number of carbonyl (C=O) groups is 2. The molecular formula is C20H19N3O4. The van der Waals surface area contributed by atoms with E-state index < -0.39 is 11.9 Å². The van der Waals surface area contributed by atoms with E-state index >= 15 is 0 Å². The first-order valence-electron chi connectivity index (χ1n) is 8.54. The third kappa shape index (κ3) is 4.20. The first-order chi connectivity index (χ1) is 13.1. The van der Waals surface area contributed by atoms with Crippen molar-refractivity contribution in [2.75, 3.05) is 6.61 Å². The van der Waals surface area contributed by atoms with E-state index in [0.29, 0.717) is 10.9 Å². The first kappa shape index (κ1) is 18.3. The fraction of sp³-hybridized carbons (Fsp3) is 0.200. The Kier molecular flexibility index (Phi) is 5.61. The lowest BCUT2D eigenvalue weighted by atomic mass is 10.1. The number of fused-ring (bicyclic) bond motifs is 1. The number of benzene rings is 2. The zero-order valence-corrected chi connectivity index (χ0v) is 14.8. The summed E-state index contributed by atoms with van der Waals surface area (Å²) in [6.45, 7) is 1.80. The van der Waals surface area contributed by atoms with Crippen molar-refractivity contribution in [3.05, 3.63) is 60.2 Å². The minimum Gasteiger partial charge on any atom is -0.493 e. The number of aromatic nitrogens is 1. The number of esters is 1. The molecule has 0 spiro atoms. The number of rotatable bonds is 6. The van der Waals surface area contributed by atoms with E-state index in [4.69, 9.17) is 4.74 Å². The van der Waals surface area contributed by atoms with Gasteiger partial charge >= 0.3 is 5.97 Å². The molecule has 0 bridgehead atoms. The van der Waals surface area contributed by atoms with E-state index in [1.54, 1.807) is 31.2 Å². The van der Waals surface area contributed by atoms with Crippen LogP contribution in [-0.4, -0.2) is 28.2 Å². The number of aromatic hydroxyl groups is 1. The van der Waals surface area contributed by atoms with Gasteiger partial charge in [-0.25, -0.2) is 0 Å². The Morgan fingerprint density at radius 1 is 1.07 bits per heavy atom. The van der Waals surface area contributed by atoms with E-state index in [9.17, 15) is 14.7 Å². The van der Waals surface area contributed by atoms with Gasteiger partial charge in [0, 0.05) is 5.39 Å². The summed E-state index contributed by atoms with van der Waals surface area (Å²) in [4.78, 5) is 23.9. The Balaban J connectivity index is 1.89. The molecule has 27 heavy (non-hydrogen) atoms. The predicted octanol–water partition coefficient (Wildman–Crippen LogP) is 3.76. The zero-order chi connectivity index (χ0) is 19.2. The van der Waals surface area contributed by atoms with Crippen molar-refractivity contribution in [2.24, 2.45) is 10.2 Å². The van der Waals surface area contributed by atoms with Gasteiger partial charge in [-0.1, -0.05) is 48.5 Å². The maximum absolute atomic E-state index is 12.1. The number of para-hydroxylation sites is 1. The van der Waals surface area contributed by atoms with Crippen LogP contribution in [0.2, 0.25) is 0 Å². The molecule has 0 fully saturated rings. The summed E-state index contributed by atoms with van der Waals surface area (Å²) in [6, 6.07) is 16.3. The highest BCUT2D eigenvalue weighted by Gasteiger charge is 2.19. The molecule has 0 atom stereocenters. The van der Waals surface area contributed by atoms with Crippen molar-refractivity contribution in [2.45, 2.75) is 19.9 Å². The van der Waals surface area contributed by atoms with Gasteiger partial charge in [-0.15, -0.1) is 10.2 Å². The summed E-state index contributed by atoms with van der Waals surface area (Å²) in [5.41, 5.74) is 1.58. The Labute approximate surface area is 155 Å². The van der Waals surface area contributed by atoms with Crippen LogP contribution in [0.5, 0.6) is 5.88 Å². The maximum Gasteiger partial charge on any atom is 0.326 e. The Bertz CT molecular complexity index is 993. The Morgan fingerprint density at radius 3 is 2.52 bits per heavy atom. The van der Waals surface area contributed by atoms with Crippen molar-refractivity contribution in [3.63, 3.8) is 0 Å². The molecule has 1 N–H and O–H groups in total. The Hall–Kier alpha value is -3.48. The van der Waals surface area contributed by atoms with Gasteiger partial charge in [0.1, 0.15) is 6.54 Å². The van der Waals surface area contributed by atoms with E-state index in [-0.39, 0.29) is 31.1 Å². The number of hydrogen-bond donors (Lipinski definition) is 1. The number of amides is 1. The van der Waals surface area contributed by atoms with Crippen LogP contribution < -0.4 is 0 Å². The van der Waals surface area contributed by atoms with Crippen LogP contribution in [0.15, 0.2) is 64.8 Å².